The van der Waals surface area contributed by atoms with Gasteiger partial charge in [0.2, 0.25) is 0 Å². The molecule has 0 saturated heterocycles. The molecule has 0 aliphatic heterocycles. The van der Waals surface area contributed by atoms with Crippen LogP contribution in [0.3, 0.4) is 0 Å². The Labute approximate surface area is 176 Å². The Kier molecular flexibility index (Phi) is 6.81. The van der Waals surface area contributed by atoms with E-state index in [1.165, 1.54) is 6.08 Å². The molecule has 0 bridgehead atoms. The van der Waals surface area contributed by atoms with Crippen LogP contribution < -0.4 is 15.2 Å². The molecule has 0 aliphatic carbocycles. The molecule has 3 aromatic carbocycles. The van der Waals surface area contributed by atoms with Crippen molar-refractivity contribution in [2.24, 2.45) is 5.73 Å². The largest absolute Gasteiger partial charge is 0.483 e. The summed E-state index contributed by atoms with van der Waals surface area (Å²) in [6.07, 6.45) is 3.15. The van der Waals surface area contributed by atoms with Crippen LogP contribution in [0.15, 0.2) is 83.3 Å². The van der Waals surface area contributed by atoms with Gasteiger partial charge in [-0.1, -0.05) is 52.3 Å². The van der Waals surface area contributed by atoms with Crippen LogP contribution in [-0.2, 0) is 4.79 Å². The Balaban J connectivity index is 1.70. The van der Waals surface area contributed by atoms with Gasteiger partial charge in [0.15, 0.2) is 12.4 Å². The summed E-state index contributed by atoms with van der Waals surface area (Å²) in [5.41, 5.74) is 6.28. The summed E-state index contributed by atoms with van der Waals surface area (Å²) in [4.78, 5) is 23.6. The highest BCUT2D eigenvalue weighted by atomic mass is 79.9. The summed E-state index contributed by atoms with van der Waals surface area (Å²) in [5, 5.41) is 0. The maximum Gasteiger partial charge on any atom is 0.255 e. The van der Waals surface area contributed by atoms with Crippen molar-refractivity contribution in [3.8, 4) is 17.2 Å². The first kappa shape index (κ1) is 20.4. The van der Waals surface area contributed by atoms with Gasteiger partial charge in [-0.05, 0) is 54.1 Å². The number of para-hydroxylation sites is 1. The van der Waals surface area contributed by atoms with E-state index in [2.05, 4.69) is 15.9 Å². The van der Waals surface area contributed by atoms with Crippen molar-refractivity contribution in [1.29, 1.82) is 0 Å². The number of allylic oxidation sites excluding steroid dienone is 1. The maximum atomic E-state index is 12.6. The average molecular weight is 452 g/mol. The molecule has 6 heteroatoms. The summed E-state index contributed by atoms with van der Waals surface area (Å²) in [7, 11) is 0. The van der Waals surface area contributed by atoms with E-state index in [0.29, 0.717) is 17.1 Å². The van der Waals surface area contributed by atoms with Crippen LogP contribution >= 0.6 is 15.9 Å². The van der Waals surface area contributed by atoms with E-state index in [1.54, 1.807) is 24.3 Å². The van der Waals surface area contributed by atoms with Gasteiger partial charge in [-0.25, -0.2) is 0 Å². The van der Waals surface area contributed by atoms with E-state index in [1.807, 2.05) is 54.6 Å². The minimum Gasteiger partial charge on any atom is -0.483 e. The number of hydrogen-bond donors (Lipinski definition) is 1. The monoisotopic (exact) mass is 451 g/mol. The van der Waals surface area contributed by atoms with E-state index in [-0.39, 0.29) is 12.4 Å². The third-order valence-corrected chi connectivity index (χ3v) is 4.36. The zero-order valence-electron chi connectivity index (χ0n) is 15.4. The molecule has 146 valence electrons. The van der Waals surface area contributed by atoms with Gasteiger partial charge in [-0.3, -0.25) is 9.59 Å². The van der Waals surface area contributed by atoms with Crippen molar-refractivity contribution in [3.05, 3.63) is 94.5 Å². The third kappa shape index (κ3) is 6.05. The molecule has 0 fully saturated rings. The molecule has 0 spiro atoms. The number of ketones is 1. The molecule has 2 N–H and O–H groups in total. The number of halogens is 1. The number of amides is 1. The summed E-state index contributed by atoms with van der Waals surface area (Å²) in [5.74, 6) is 0.890. The lowest BCUT2D eigenvalue weighted by Crippen LogP contribution is -2.20. The second kappa shape index (κ2) is 9.71. The van der Waals surface area contributed by atoms with Crippen molar-refractivity contribution in [3.63, 3.8) is 0 Å². The Bertz CT molecular complexity index is 1030. The fraction of sp³-hybridized carbons (Fsp3) is 0.0435. The quantitative estimate of drug-likeness (QED) is 0.385. The van der Waals surface area contributed by atoms with E-state index in [0.717, 1.165) is 15.8 Å². The number of benzene rings is 3. The molecule has 3 aromatic rings. The molecule has 3 rings (SSSR count). The molecule has 0 saturated carbocycles. The maximum absolute atomic E-state index is 12.6. The minimum absolute atomic E-state index is 0.254. The molecular weight excluding hydrogens is 434 g/mol. The van der Waals surface area contributed by atoms with Crippen molar-refractivity contribution < 1.29 is 19.1 Å². The van der Waals surface area contributed by atoms with E-state index in [9.17, 15) is 9.59 Å². The normalized spacial score (nSPS) is 10.7. The number of carbonyl (C=O) groups excluding carboxylic acids is 2. The standard InChI is InChI=1S/C23H18BrNO4/c24-17-9-13-22(28-15-23(25)27)20(14-17)21(26)12-8-16-6-10-19(11-7-16)29-18-4-2-1-3-5-18/h1-14H,15H2,(H2,25,27)/b12-8+. The molecular formula is C23H18BrNO4. The molecule has 5 nitrogen and oxygen atoms in total. The molecule has 0 aromatic heterocycles. The van der Waals surface area contributed by atoms with E-state index >= 15 is 0 Å². The molecule has 1 amide bonds. The Hall–Kier alpha value is -3.38. The molecule has 29 heavy (non-hydrogen) atoms. The highest BCUT2D eigenvalue weighted by Gasteiger charge is 2.12. The van der Waals surface area contributed by atoms with Gasteiger partial charge in [0.05, 0.1) is 5.56 Å². The predicted molar refractivity (Wildman–Crippen MR) is 115 cm³/mol. The van der Waals surface area contributed by atoms with Crippen molar-refractivity contribution in [2.45, 2.75) is 0 Å². The lowest BCUT2D eigenvalue weighted by atomic mass is 10.1. The van der Waals surface area contributed by atoms with Gasteiger partial charge in [0.1, 0.15) is 17.2 Å². The van der Waals surface area contributed by atoms with Crippen LogP contribution in [-0.4, -0.2) is 18.3 Å². The van der Waals surface area contributed by atoms with Crippen LogP contribution in [0, 0.1) is 0 Å². The summed E-state index contributed by atoms with van der Waals surface area (Å²) in [6.45, 7) is -0.297. The summed E-state index contributed by atoms with van der Waals surface area (Å²) < 4.78 is 11.8. The zero-order valence-corrected chi connectivity index (χ0v) is 17.0. The van der Waals surface area contributed by atoms with Crippen LogP contribution in [0.5, 0.6) is 17.2 Å². The Morgan fingerprint density at radius 1 is 0.931 bits per heavy atom. The van der Waals surface area contributed by atoms with Crippen molar-refractivity contribution >= 4 is 33.7 Å². The number of nitrogens with two attached hydrogens (primary N) is 1. The fourth-order valence-corrected chi connectivity index (χ4v) is 2.86. The number of hydrogen-bond acceptors (Lipinski definition) is 4. The third-order valence-electron chi connectivity index (χ3n) is 3.86. The topological polar surface area (TPSA) is 78.6 Å². The fourth-order valence-electron chi connectivity index (χ4n) is 2.50. The Morgan fingerprint density at radius 2 is 1.62 bits per heavy atom. The van der Waals surface area contributed by atoms with Gasteiger partial charge in [0, 0.05) is 4.47 Å². The summed E-state index contributed by atoms with van der Waals surface area (Å²) in [6, 6.07) is 21.8. The Morgan fingerprint density at radius 3 is 2.31 bits per heavy atom. The first-order valence-corrected chi connectivity index (χ1v) is 9.56. The van der Waals surface area contributed by atoms with Gasteiger partial charge >= 0.3 is 0 Å². The molecule has 0 aliphatic rings. The van der Waals surface area contributed by atoms with Crippen molar-refractivity contribution in [2.75, 3.05) is 6.61 Å². The van der Waals surface area contributed by atoms with E-state index in [4.69, 9.17) is 15.2 Å². The van der Waals surface area contributed by atoms with Gasteiger partial charge < -0.3 is 15.2 Å². The summed E-state index contributed by atoms with van der Waals surface area (Å²) >= 11 is 3.34. The van der Waals surface area contributed by atoms with Crippen molar-refractivity contribution in [1.82, 2.24) is 0 Å². The molecule has 0 heterocycles. The molecule has 0 radical (unpaired) electrons. The zero-order chi connectivity index (χ0) is 20.6. The van der Waals surface area contributed by atoms with Crippen LogP contribution in [0.1, 0.15) is 15.9 Å². The highest BCUT2D eigenvalue weighted by molar-refractivity contribution is 9.10. The minimum atomic E-state index is -0.611. The lowest BCUT2D eigenvalue weighted by Gasteiger charge is -2.08. The van der Waals surface area contributed by atoms with Crippen LogP contribution in [0.2, 0.25) is 0 Å². The SMILES string of the molecule is NC(=O)COc1ccc(Br)cc1C(=O)/C=C/c1ccc(Oc2ccccc2)cc1. The van der Waals surface area contributed by atoms with Gasteiger partial charge in [-0.2, -0.15) is 0 Å². The number of carbonyl (C=O) groups is 2. The van der Waals surface area contributed by atoms with Gasteiger partial charge in [0.25, 0.3) is 5.91 Å². The number of ether oxygens (including phenoxy) is 2. The number of primary amides is 1. The van der Waals surface area contributed by atoms with Crippen LogP contribution in [0.4, 0.5) is 0 Å². The molecule has 0 atom stereocenters. The number of rotatable bonds is 8. The smallest absolute Gasteiger partial charge is 0.255 e. The van der Waals surface area contributed by atoms with Crippen LogP contribution in [0.25, 0.3) is 6.08 Å². The second-order valence-corrected chi connectivity index (χ2v) is 6.99. The highest BCUT2D eigenvalue weighted by Crippen LogP contribution is 2.25. The lowest BCUT2D eigenvalue weighted by molar-refractivity contribution is -0.119. The second-order valence-electron chi connectivity index (χ2n) is 6.08. The molecule has 0 unspecified atom stereocenters. The first-order chi connectivity index (χ1) is 14.0. The first-order valence-electron chi connectivity index (χ1n) is 8.77. The predicted octanol–water partition coefficient (Wildman–Crippen LogP) is 5.00. The van der Waals surface area contributed by atoms with Gasteiger partial charge in [-0.15, -0.1) is 0 Å². The van der Waals surface area contributed by atoms with E-state index < -0.39 is 5.91 Å². The average Bonchev–Trinajstić information content (AvgIpc) is 2.72.